The van der Waals surface area contributed by atoms with Gasteiger partial charge in [0.1, 0.15) is 0 Å². The zero-order chi connectivity index (χ0) is 12.6. The number of nitrogen functional groups attached to an aromatic ring is 1. The average molecular weight is 271 g/mol. The highest BCUT2D eigenvalue weighted by Crippen LogP contribution is 2.36. The van der Waals surface area contributed by atoms with E-state index < -0.39 is 0 Å². The van der Waals surface area contributed by atoms with Crippen LogP contribution in [0.2, 0.25) is 10.0 Å². The minimum Gasteiger partial charge on any atom is -0.397 e. The smallest absolute Gasteiger partial charge is 0.227 e. The van der Waals surface area contributed by atoms with Crippen LogP contribution in [0.4, 0.5) is 11.4 Å². The van der Waals surface area contributed by atoms with E-state index in [2.05, 4.69) is 6.58 Å². The number of carbonyl (C=O) groups is 1. The van der Waals surface area contributed by atoms with Gasteiger partial charge in [-0.2, -0.15) is 0 Å². The standard InChI is InChI=1S/C12H12Cl2N2O/c1-2-7-3-12(17)16(6-7)11-5-8(13)10(15)4-9(11)14/h2,4-5,7H,1,3,6,15H2. The minimum atomic E-state index is 0.0256. The van der Waals surface area contributed by atoms with E-state index in [0.29, 0.717) is 34.4 Å². The van der Waals surface area contributed by atoms with Gasteiger partial charge < -0.3 is 10.6 Å². The number of amides is 1. The van der Waals surface area contributed by atoms with Crippen LogP contribution in [0.25, 0.3) is 0 Å². The number of hydrogen-bond acceptors (Lipinski definition) is 2. The number of nitrogens with two attached hydrogens (primary N) is 1. The largest absolute Gasteiger partial charge is 0.397 e. The van der Waals surface area contributed by atoms with Gasteiger partial charge >= 0.3 is 0 Å². The predicted molar refractivity (Wildman–Crippen MR) is 71.5 cm³/mol. The Balaban J connectivity index is 2.38. The summed E-state index contributed by atoms with van der Waals surface area (Å²) in [6, 6.07) is 3.19. The lowest BCUT2D eigenvalue weighted by Crippen LogP contribution is -2.24. The summed E-state index contributed by atoms with van der Waals surface area (Å²) in [4.78, 5) is 13.5. The lowest BCUT2D eigenvalue weighted by molar-refractivity contribution is -0.117. The maximum absolute atomic E-state index is 11.8. The van der Waals surface area contributed by atoms with E-state index in [1.54, 1.807) is 23.1 Å². The fourth-order valence-corrected chi connectivity index (χ4v) is 2.32. The van der Waals surface area contributed by atoms with Crippen molar-refractivity contribution < 1.29 is 4.79 Å². The van der Waals surface area contributed by atoms with Crippen LogP contribution in [0.3, 0.4) is 0 Å². The van der Waals surface area contributed by atoms with E-state index in [1.807, 2.05) is 0 Å². The van der Waals surface area contributed by atoms with Crippen molar-refractivity contribution in [1.29, 1.82) is 0 Å². The summed E-state index contributed by atoms with van der Waals surface area (Å²) in [5, 5.41) is 0.837. The normalized spacial score (nSPS) is 19.8. The summed E-state index contributed by atoms with van der Waals surface area (Å²) in [5.74, 6) is 0.188. The van der Waals surface area contributed by atoms with Crippen LogP contribution in [-0.2, 0) is 4.79 Å². The van der Waals surface area contributed by atoms with Crippen molar-refractivity contribution in [2.75, 3.05) is 17.2 Å². The summed E-state index contributed by atoms with van der Waals surface area (Å²) in [6.45, 7) is 4.29. The van der Waals surface area contributed by atoms with Gasteiger partial charge in [-0.1, -0.05) is 29.3 Å². The Kier molecular flexibility index (Phi) is 3.31. The fourth-order valence-electron chi connectivity index (χ4n) is 1.88. The van der Waals surface area contributed by atoms with Crippen LogP contribution in [-0.4, -0.2) is 12.5 Å². The molecule has 1 amide bonds. The number of carbonyl (C=O) groups excluding carboxylic acids is 1. The van der Waals surface area contributed by atoms with Gasteiger partial charge in [0.25, 0.3) is 0 Å². The van der Waals surface area contributed by atoms with E-state index in [9.17, 15) is 4.79 Å². The van der Waals surface area contributed by atoms with Gasteiger partial charge in [0.15, 0.2) is 0 Å². The first kappa shape index (κ1) is 12.3. The summed E-state index contributed by atoms with van der Waals surface area (Å²) in [5.41, 5.74) is 6.66. The molecular formula is C12H12Cl2N2O. The van der Waals surface area contributed by atoms with Crippen molar-refractivity contribution in [3.8, 4) is 0 Å². The zero-order valence-electron chi connectivity index (χ0n) is 9.12. The van der Waals surface area contributed by atoms with Gasteiger partial charge in [0.05, 0.1) is 21.4 Å². The molecule has 90 valence electrons. The number of anilines is 2. The van der Waals surface area contributed by atoms with Crippen LogP contribution in [0.5, 0.6) is 0 Å². The molecule has 5 heteroatoms. The molecule has 1 fully saturated rings. The Bertz CT molecular complexity index is 488. The first-order valence-electron chi connectivity index (χ1n) is 5.20. The van der Waals surface area contributed by atoms with Crippen molar-refractivity contribution in [2.45, 2.75) is 6.42 Å². The van der Waals surface area contributed by atoms with Crippen molar-refractivity contribution >= 4 is 40.5 Å². The molecule has 0 aromatic heterocycles. The van der Waals surface area contributed by atoms with Gasteiger partial charge in [-0.05, 0) is 12.1 Å². The van der Waals surface area contributed by atoms with Crippen LogP contribution in [0, 0.1) is 5.92 Å². The van der Waals surface area contributed by atoms with Gasteiger partial charge in [-0.3, -0.25) is 4.79 Å². The topological polar surface area (TPSA) is 46.3 Å². The SMILES string of the molecule is C=CC1CC(=O)N(c2cc(Cl)c(N)cc2Cl)C1. The van der Waals surface area contributed by atoms with E-state index in [1.165, 1.54) is 0 Å². The molecular weight excluding hydrogens is 259 g/mol. The Morgan fingerprint density at radius 1 is 1.41 bits per heavy atom. The molecule has 0 spiro atoms. The molecule has 2 N–H and O–H groups in total. The van der Waals surface area contributed by atoms with Gasteiger partial charge in [-0.15, -0.1) is 6.58 Å². The number of hydrogen-bond donors (Lipinski definition) is 1. The zero-order valence-corrected chi connectivity index (χ0v) is 10.6. The number of halogens is 2. The third kappa shape index (κ3) is 2.26. The highest BCUT2D eigenvalue weighted by Gasteiger charge is 2.30. The molecule has 0 radical (unpaired) electrons. The average Bonchev–Trinajstić information content (AvgIpc) is 2.65. The fraction of sp³-hybridized carbons (Fsp3) is 0.250. The molecule has 1 aliphatic heterocycles. The molecule has 0 saturated carbocycles. The van der Waals surface area contributed by atoms with Crippen molar-refractivity contribution in [1.82, 2.24) is 0 Å². The molecule has 0 bridgehead atoms. The highest BCUT2D eigenvalue weighted by atomic mass is 35.5. The Hall–Kier alpha value is -1.19. The third-order valence-corrected chi connectivity index (χ3v) is 3.48. The molecule has 1 saturated heterocycles. The monoisotopic (exact) mass is 270 g/mol. The third-order valence-electron chi connectivity index (χ3n) is 2.85. The van der Waals surface area contributed by atoms with Crippen molar-refractivity contribution in [3.63, 3.8) is 0 Å². The molecule has 1 aliphatic rings. The second kappa shape index (κ2) is 4.59. The second-order valence-corrected chi connectivity index (χ2v) is 4.84. The lowest BCUT2D eigenvalue weighted by atomic mass is 10.1. The van der Waals surface area contributed by atoms with E-state index in [4.69, 9.17) is 28.9 Å². The molecule has 2 rings (SSSR count). The first-order chi connectivity index (χ1) is 8.02. The van der Waals surface area contributed by atoms with Crippen LogP contribution < -0.4 is 10.6 Å². The van der Waals surface area contributed by atoms with Crippen molar-refractivity contribution in [2.24, 2.45) is 5.92 Å². The number of benzene rings is 1. The van der Waals surface area contributed by atoms with Gasteiger partial charge in [-0.25, -0.2) is 0 Å². The first-order valence-corrected chi connectivity index (χ1v) is 5.96. The number of nitrogens with zero attached hydrogens (tertiary/aromatic N) is 1. The minimum absolute atomic E-state index is 0.0256. The maximum atomic E-state index is 11.8. The predicted octanol–water partition coefficient (Wildman–Crippen LogP) is 3.11. The molecule has 1 aromatic carbocycles. The Morgan fingerprint density at radius 3 is 2.71 bits per heavy atom. The second-order valence-electron chi connectivity index (χ2n) is 4.03. The van der Waals surface area contributed by atoms with E-state index in [0.717, 1.165) is 0 Å². The summed E-state index contributed by atoms with van der Waals surface area (Å²) < 4.78 is 0. The van der Waals surface area contributed by atoms with Crippen LogP contribution >= 0.6 is 23.2 Å². The molecule has 3 nitrogen and oxygen atoms in total. The van der Waals surface area contributed by atoms with E-state index in [-0.39, 0.29) is 11.8 Å². The quantitative estimate of drug-likeness (QED) is 0.663. The summed E-state index contributed by atoms with van der Waals surface area (Å²) >= 11 is 12.0. The lowest BCUT2D eigenvalue weighted by Gasteiger charge is -2.18. The van der Waals surface area contributed by atoms with Crippen LogP contribution in [0.1, 0.15) is 6.42 Å². The maximum Gasteiger partial charge on any atom is 0.227 e. The number of rotatable bonds is 2. The molecule has 1 unspecified atom stereocenters. The summed E-state index contributed by atoms with van der Waals surface area (Å²) in [6.07, 6.45) is 2.24. The molecule has 0 aliphatic carbocycles. The molecule has 1 atom stereocenters. The van der Waals surface area contributed by atoms with Crippen molar-refractivity contribution in [3.05, 3.63) is 34.8 Å². The molecule has 1 heterocycles. The molecule has 17 heavy (non-hydrogen) atoms. The Morgan fingerprint density at radius 2 is 2.12 bits per heavy atom. The van der Waals surface area contributed by atoms with Gasteiger partial charge in [0.2, 0.25) is 5.91 Å². The summed E-state index contributed by atoms with van der Waals surface area (Å²) in [7, 11) is 0. The Labute approximate surface area is 110 Å². The molecule has 1 aromatic rings. The van der Waals surface area contributed by atoms with Crippen LogP contribution in [0.15, 0.2) is 24.8 Å². The highest BCUT2D eigenvalue weighted by molar-refractivity contribution is 6.37. The van der Waals surface area contributed by atoms with E-state index >= 15 is 0 Å². The van der Waals surface area contributed by atoms with Gasteiger partial charge in [0, 0.05) is 18.9 Å².